The fourth-order valence-corrected chi connectivity index (χ4v) is 2.42. The first-order valence-electron chi connectivity index (χ1n) is 6.79. The van der Waals surface area contributed by atoms with Gasteiger partial charge in [0, 0.05) is 30.0 Å². The van der Waals surface area contributed by atoms with Crippen LogP contribution in [0.3, 0.4) is 0 Å². The number of nitrogens with one attached hydrogen (secondary N) is 1. The Morgan fingerprint density at radius 1 is 1.18 bits per heavy atom. The van der Waals surface area contributed by atoms with Gasteiger partial charge in [0.05, 0.1) is 36.9 Å². The standard InChI is InChI=1S/C14H14BrN5O2/c15-11-5-10(6-16-7-11)13(21)19-12-8-17-14(18-9-12)20-1-3-22-4-2-20/h5-9H,1-4H2,(H,19,21). The van der Waals surface area contributed by atoms with Crippen LogP contribution in [0.2, 0.25) is 0 Å². The third kappa shape index (κ3) is 3.58. The number of hydrogen-bond acceptors (Lipinski definition) is 6. The molecule has 0 radical (unpaired) electrons. The molecule has 0 saturated carbocycles. The Morgan fingerprint density at radius 2 is 1.91 bits per heavy atom. The number of pyridine rings is 1. The quantitative estimate of drug-likeness (QED) is 0.894. The lowest BCUT2D eigenvalue weighted by Gasteiger charge is -2.26. The highest BCUT2D eigenvalue weighted by atomic mass is 79.9. The maximum absolute atomic E-state index is 12.1. The van der Waals surface area contributed by atoms with Crippen LogP contribution in [0, 0.1) is 0 Å². The molecule has 1 amide bonds. The molecule has 1 aliphatic rings. The third-order valence-electron chi connectivity index (χ3n) is 3.16. The number of nitrogens with zero attached hydrogens (tertiary/aromatic N) is 4. The highest BCUT2D eigenvalue weighted by Crippen LogP contribution is 2.14. The Labute approximate surface area is 135 Å². The number of aromatic nitrogens is 3. The molecule has 7 nitrogen and oxygen atoms in total. The van der Waals surface area contributed by atoms with Crippen molar-refractivity contribution in [3.05, 3.63) is 40.9 Å². The number of rotatable bonds is 3. The first kappa shape index (κ1) is 14.9. The number of halogens is 1. The molecular weight excluding hydrogens is 350 g/mol. The van der Waals surface area contributed by atoms with Gasteiger partial charge in [-0.15, -0.1) is 0 Å². The molecule has 3 heterocycles. The van der Waals surface area contributed by atoms with Crippen molar-refractivity contribution in [1.29, 1.82) is 0 Å². The molecule has 1 N–H and O–H groups in total. The van der Waals surface area contributed by atoms with Gasteiger partial charge in [-0.2, -0.15) is 0 Å². The molecule has 1 saturated heterocycles. The van der Waals surface area contributed by atoms with Crippen molar-refractivity contribution < 1.29 is 9.53 Å². The van der Waals surface area contributed by atoms with Gasteiger partial charge in [-0.05, 0) is 22.0 Å². The van der Waals surface area contributed by atoms with Gasteiger partial charge in [-0.25, -0.2) is 9.97 Å². The highest BCUT2D eigenvalue weighted by molar-refractivity contribution is 9.10. The van der Waals surface area contributed by atoms with Crippen molar-refractivity contribution in [2.24, 2.45) is 0 Å². The maximum atomic E-state index is 12.1. The fourth-order valence-electron chi connectivity index (χ4n) is 2.05. The minimum Gasteiger partial charge on any atom is -0.378 e. The second-order valence-electron chi connectivity index (χ2n) is 4.72. The second kappa shape index (κ2) is 6.80. The maximum Gasteiger partial charge on any atom is 0.257 e. The number of hydrogen-bond donors (Lipinski definition) is 1. The van der Waals surface area contributed by atoms with Crippen molar-refractivity contribution in [3.63, 3.8) is 0 Å². The second-order valence-corrected chi connectivity index (χ2v) is 5.63. The fraction of sp³-hybridized carbons (Fsp3) is 0.286. The summed E-state index contributed by atoms with van der Waals surface area (Å²) in [6.45, 7) is 2.90. The largest absolute Gasteiger partial charge is 0.378 e. The molecule has 3 rings (SSSR count). The van der Waals surface area contributed by atoms with Crippen LogP contribution < -0.4 is 10.2 Å². The normalized spacial score (nSPS) is 14.7. The lowest BCUT2D eigenvalue weighted by Crippen LogP contribution is -2.37. The lowest BCUT2D eigenvalue weighted by molar-refractivity contribution is 0.102. The van der Waals surface area contributed by atoms with Crippen molar-refractivity contribution in [2.45, 2.75) is 0 Å². The minimum atomic E-state index is -0.253. The van der Waals surface area contributed by atoms with Gasteiger partial charge in [0.1, 0.15) is 0 Å². The molecular formula is C14H14BrN5O2. The van der Waals surface area contributed by atoms with Crippen LogP contribution in [0.5, 0.6) is 0 Å². The third-order valence-corrected chi connectivity index (χ3v) is 3.59. The molecule has 1 fully saturated rings. The van der Waals surface area contributed by atoms with Crippen LogP contribution in [-0.2, 0) is 4.74 Å². The van der Waals surface area contributed by atoms with Crippen LogP contribution in [-0.4, -0.2) is 47.2 Å². The molecule has 2 aromatic rings. The average molecular weight is 364 g/mol. The average Bonchev–Trinajstić information content (AvgIpc) is 2.56. The molecule has 1 aliphatic heterocycles. The molecule has 114 valence electrons. The van der Waals surface area contributed by atoms with E-state index in [0.29, 0.717) is 30.4 Å². The van der Waals surface area contributed by atoms with E-state index in [4.69, 9.17) is 4.74 Å². The summed E-state index contributed by atoms with van der Waals surface area (Å²) in [5, 5.41) is 2.75. The van der Waals surface area contributed by atoms with E-state index in [2.05, 4.69) is 36.2 Å². The molecule has 22 heavy (non-hydrogen) atoms. The van der Waals surface area contributed by atoms with E-state index < -0.39 is 0 Å². The van der Waals surface area contributed by atoms with Crippen LogP contribution >= 0.6 is 15.9 Å². The number of morpholine rings is 1. The Hall–Kier alpha value is -2.06. The van der Waals surface area contributed by atoms with E-state index in [9.17, 15) is 4.79 Å². The zero-order valence-electron chi connectivity index (χ0n) is 11.7. The molecule has 2 aromatic heterocycles. The summed E-state index contributed by atoms with van der Waals surface area (Å²) in [5.74, 6) is 0.391. The monoisotopic (exact) mass is 363 g/mol. The summed E-state index contributed by atoms with van der Waals surface area (Å²) < 4.78 is 6.04. The predicted molar refractivity (Wildman–Crippen MR) is 85.0 cm³/mol. The van der Waals surface area contributed by atoms with Crippen LogP contribution in [0.4, 0.5) is 11.6 Å². The zero-order valence-corrected chi connectivity index (χ0v) is 13.3. The zero-order chi connectivity index (χ0) is 15.4. The topological polar surface area (TPSA) is 80.2 Å². The van der Waals surface area contributed by atoms with Gasteiger partial charge in [0.15, 0.2) is 0 Å². The van der Waals surface area contributed by atoms with E-state index in [1.54, 1.807) is 24.7 Å². The molecule has 0 bridgehead atoms. The van der Waals surface area contributed by atoms with Gasteiger partial charge in [0.2, 0.25) is 5.95 Å². The lowest BCUT2D eigenvalue weighted by atomic mass is 10.2. The van der Waals surface area contributed by atoms with Gasteiger partial charge < -0.3 is 15.0 Å². The SMILES string of the molecule is O=C(Nc1cnc(N2CCOCC2)nc1)c1cncc(Br)c1. The van der Waals surface area contributed by atoms with Crippen molar-refractivity contribution in [1.82, 2.24) is 15.0 Å². The molecule has 0 spiro atoms. The number of carbonyl (C=O) groups excluding carboxylic acids is 1. The Bertz CT molecular complexity index is 659. The first-order chi connectivity index (χ1) is 10.7. The Kier molecular flexibility index (Phi) is 4.59. The van der Waals surface area contributed by atoms with Gasteiger partial charge >= 0.3 is 0 Å². The molecule has 0 atom stereocenters. The highest BCUT2D eigenvalue weighted by Gasteiger charge is 2.14. The molecule has 8 heteroatoms. The first-order valence-corrected chi connectivity index (χ1v) is 7.58. The molecule has 0 aromatic carbocycles. The Morgan fingerprint density at radius 3 is 2.59 bits per heavy atom. The summed E-state index contributed by atoms with van der Waals surface area (Å²) in [5.41, 5.74) is 1.01. The van der Waals surface area contributed by atoms with E-state index in [0.717, 1.165) is 17.6 Å². The van der Waals surface area contributed by atoms with Crippen molar-refractivity contribution in [2.75, 3.05) is 36.5 Å². The summed E-state index contributed by atoms with van der Waals surface area (Å²) in [4.78, 5) is 26.7. The van der Waals surface area contributed by atoms with Crippen LogP contribution in [0.25, 0.3) is 0 Å². The van der Waals surface area contributed by atoms with Crippen molar-refractivity contribution >= 4 is 33.5 Å². The number of amides is 1. The van der Waals surface area contributed by atoms with E-state index in [1.807, 2.05) is 4.90 Å². The van der Waals surface area contributed by atoms with E-state index in [-0.39, 0.29) is 5.91 Å². The van der Waals surface area contributed by atoms with E-state index >= 15 is 0 Å². The van der Waals surface area contributed by atoms with Gasteiger partial charge in [-0.3, -0.25) is 9.78 Å². The number of carbonyl (C=O) groups is 1. The minimum absolute atomic E-state index is 0.253. The summed E-state index contributed by atoms with van der Waals surface area (Å²) in [7, 11) is 0. The van der Waals surface area contributed by atoms with Gasteiger partial charge in [-0.1, -0.05) is 0 Å². The Balaban J connectivity index is 1.66. The number of anilines is 2. The van der Waals surface area contributed by atoms with Crippen LogP contribution in [0.1, 0.15) is 10.4 Å². The van der Waals surface area contributed by atoms with E-state index in [1.165, 1.54) is 6.20 Å². The molecule has 0 aliphatic carbocycles. The van der Waals surface area contributed by atoms with Crippen LogP contribution in [0.15, 0.2) is 35.3 Å². The van der Waals surface area contributed by atoms with Gasteiger partial charge in [0.25, 0.3) is 5.91 Å². The smallest absolute Gasteiger partial charge is 0.257 e. The predicted octanol–water partition coefficient (Wildman–Crippen LogP) is 1.72. The number of ether oxygens (including phenoxy) is 1. The van der Waals surface area contributed by atoms with Crippen molar-refractivity contribution in [3.8, 4) is 0 Å². The summed E-state index contributed by atoms with van der Waals surface area (Å²) in [6, 6.07) is 1.70. The summed E-state index contributed by atoms with van der Waals surface area (Å²) >= 11 is 3.29. The summed E-state index contributed by atoms with van der Waals surface area (Å²) in [6.07, 6.45) is 6.32. The molecule has 0 unspecified atom stereocenters.